The van der Waals surface area contributed by atoms with E-state index in [4.69, 9.17) is 15.2 Å². The molecule has 1 aliphatic rings. The fourth-order valence-electron chi connectivity index (χ4n) is 1.78. The molecular weight excluding hydrogens is 236 g/mol. The maximum Gasteiger partial charge on any atom is 0.231 e. The van der Waals surface area contributed by atoms with Crippen molar-refractivity contribution in [1.82, 2.24) is 5.32 Å². The lowest BCUT2D eigenvalue weighted by molar-refractivity contribution is -0.130. The molecule has 96 valence electrons. The van der Waals surface area contributed by atoms with E-state index in [1.165, 1.54) is 13.8 Å². The number of ether oxygens (including phenoxy) is 2. The van der Waals surface area contributed by atoms with Crippen molar-refractivity contribution in [2.45, 2.75) is 19.5 Å². The standard InChI is InChI=1S/C12H14N2O4/c1-7(15)12(13,14-8(2)16)9-3-4-10-11(5-9)18-6-17-10/h3-5H,6,13H2,1-2H3,(H,14,16). The molecule has 0 spiro atoms. The van der Waals surface area contributed by atoms with Crippen LogP contribution in [0, 0.1) is 0 Å². The van der Waals surface area contributed by atoms with Crippen LogP contribution in [0.15, 0.2) is 18.2 Å². The van der Waals surface area contributed by atoms with E-state index in [9.17, 15) is 9.59 Å². The van der Waals surface area contributed by atoms with Gasteiger partial charge in [0.1, 0.15) is 0 Å². The largest absolute Gasteiger partial charge is 0.454 e. The molecule has 1 aromatic carbocycles. The van der Waals surface area contributed by atoms with Crippen LogP contribution in [0.3, 0.4) is 0 Å². The quantitative estimate of drug-likeness (QED) is 0.750. The second kappa shape index (κ2) is 4.30. The van der Waals surface area contributed by atoms with Gasteiger partial charge in [0.15, 0.2) is 22.9 Å². The third kappa shape index (κ3) is 2.02. The number of Topliss-reactive ketones (excluding diaryl/α,β-unsaturated/α-hetero) is 1. The number of fused-ring (bicyclic) bond motifs is 1. The molecule has 18 heavy (non-hydrogen) atoms. The minimum Gasteiger partial charge on any atom is -0.454 e. The second-order valence-electron chi connectivity index (χ2n) is 4.11. The van der Waals surface area contributed by atoms with Gasteiger partial charge in [-0.15, -0.1) is 0 Å². The summed E-state index contributed by atoms with van der Waals surface area (Å²) in [5.41, 5.74) is 4.88. The molecule has 3 N–H and O–H groups in total. The average Bonchev–Trinajstić information content (AvgIpc) is 2.74. The molecule has 6 nitrogen and oxygen atoms in total. The Morgan fingerprint density at radius 2 is 1.94 bits per heavy atom. The highest BCUT2D eigenvalue weighted by molar-refractivity contribution is 5.91. The zero-order chi connectivity index (χ0) is 13.3. The fraction of sp³-hybridized carbons (Fsp3) is 0.333. The van der Waals surface area contributed by atoms with E-state index in [1.807, 2.05) is 0 Å². The minimum atomic E-state index is -1.55. The summed E-state index contributed by atoms with van der Waals surface area (Å²) in [6, 6.07) is 4.88. The van der Waals surface area contributed by atoms with Crippen molar-refractivity contribution in [3.8, 4) is 11.5 Å². The van der Waals surface area contributed by atoms with Crippen LogP contribution in [0.5, 0.6) is 11.5 Å². The van der Waals surface area contributed by atoms with E-state index in [0.717, 1.165) is 0 Å². The van der Waals surface area contributed by atoms with Crippen LogP contribution in [0.4, 0.5) is 0 Å². The van der Waals surface area contributed by atoms with Gasteiger partial charge >= 0.3 is 0 Å². The molecule has 1 aliphatic heterocycles. The third-order valence-electron chi connectivity index (χ3n) is 2.76. The Hall–Kier alpha value is -2.08. The molecule has 0 radical (unpaired) electrons. The van der Waals surface area contributed by atoms with Gasteiger partial charge < -0.3 is 14.8 Å². The first-order valence-corrected chi connectivity index (χ1v) is 5.42. The Morgan fingerprint density at radius 3 is 2.56 bits per heavy atom. The molecule has 1 amide bonds. The van der Waals surface area contributed by atoms with Gasteiger partial charge in [-0.3, -0.25) is 15.3 Å². The molecule has 2 rings (SSSR count). The van der Waals surface area contributed by atoms with Crippen molar-refractivity contribution >= 4 is 11.7 Å². The molecule has 6 heteroatoms. The van der Waals surface area contributed by atoms with Crippen molar-refractivity contribution in [2.24, 2.45) is 5.73 Å². The van der Waals surface area contributed by atoms with Crippen LogP contribution in [-0.2, 0) is 15.3 Å². The Bertz CT molecular complexity index is 515. The van der Waals surface area contributed by atoms with Crippen molar-refractivity contribution < 1.29 is 19.1 Å². The Morgan fingerprint density at radius 1 is 1.28 bits per heavy atom. The van der Waals surface area contributed by atoms with Crippen molar-refractivity contribution in [3.63, 3.8) is 0 Å². The summed E-state index contributed by atoms with van der Waals surface area (Å²) in [6.45, 7) is 2.76. The van der Waals surface area contributed by atoms with Crippen LogP contribution in [0.2, 0.25) is 0 Å². The van der Waals surface area contributed by atoms with Crippen LogP contribution in [-0.4, -0.2) is 18.5 Å². The first kappa shape index (κ1) is 12.4. The van der Waals surface area contributed by atoms with Gasteiger partial charge in [0.2, 0.25) is 12.7 Å². The van der Waals surface area contributed by atoms with E-state index in [1.54, 1.807) is 18.2 Å². The maximum absolute atomic E-state index is 11.7. The van der Waals surface area contributed by atoms with E-state index in [-0.39, 0.29) is 18.5 Å². The summed E-state index contributed by atoms with van der Waals surface area (Å²) in [7, 11) is 0. The maximum atomic E-state index is 11.7. The van der Waals surface area contributed by atoms with Gasteiger partial charge in [0, 0.05) is 12.5 Å². The highest BCUT2D eigenvalue weighted by atomic mass is 16.7. The molecule has 1 unspecified atom stereocenters. The summed E-state index contributed by atoms with van der Waals surface area (Å²) >= 11 is 0. The fourth-order valence-corrected chi connectivity index (χ4v) is 1.78. The minimum absolute atomic E-state index is 0.135. The highest BCUT2D eigenvalue weighted by Gasteiger charge is 2.35. The monoisotopic (exact) mass is 250 g/mol. The van der Waals surface area contributed by atoms with Crippen LogP contribution < -0.4 is 20.5 Å². The van der Waals surface area contributed by atoms with Gasteiger partial charge in [0.05, 0.1) is 0 Å². The molecule has 0 bridgehead atoms. The summed E-state index contributed by atoms with van der Waals surface area (Å²) in [5, 5.41) is 2.46. The highest BCUT2D eigenvalue weighted by Crippen LogP contribution is 2.34. The van der Waals surface area contributed by atoms with Gasteiger partial charge in [-0.25, -0.2) is 0 Å². The number of carbonyl (C=O) groups is 2. The molecule has 0 fully saturated rings. The summed E-state index contributed by atoms with van der Waals surface area (Å²) < 4.78 is 10.4. The van der Waals surface area contributed by atoms with Crippen LogP contribution in [0.1, 0.15) is 19.4 Å². The lowest BCUT2D eigenvalue weighted by atomic mass is 9.95. The molecule has 0 saturated carbocycles. The number of carbonyl (C=O) groups excluding carboxylic acids is 2. The molecule has 0 saturated heterocycles. The van der Waals surface area contributed by atoms with E-state index in [2.05, 4.69) is 5.32 Å². The number of hydrogen-bond acceptors (Lipinski definition) is 5. The van der Waals surface area contributed by atoms with E-state index >= 15 is 0 Å². The van der Waals surface area contributed by atoms with Gasteiger partial charge in [-0.05, 0) is 19.1 Å². The number of hydrogen-bond donors (Lipinski definition) is 2. The lowest BCUT2D eigenvalue weighted by Gasteiger charge is -2.27. The number of benzene rings is 1. The predicted octanol–water partition coefficient (Wildman–Crippen LogP) is 0.252. The van der Waals surface area contributed by atoms with Gasteiger partial charge in [0.25, 0.3) is 0 Å². The second-order valence-corrected chi connectivity index (χ2v) is 4.11. The zero-order valence-corrected chi connectivity index (χ0v) is 10.1. The number of amides is 1. The van der Waals surface area contributed by atoms with Crippen molar-refractivity contribution in [3.05, 3.63) is 23.8 Å². The number of nitrogens with one attached hydrogen (secondary N) is 1. The van der Waals surface area contributed by atoms with Gasteiger partial charge in [-0.1, -0.05) is 6.07 Å². The molecule has 1 aromatic rings. The predicted molar refractivity (Wildman–Crippen MR) is 62.9 cm³/mol. The van der Waals surface area contributed by atoms with Crippen molar-refractivity contribution in [1.29, 1.82) is 0 Å². The van der Waals surface area contributed by atoms with Crippen LogP contribution in [0.25, 0.3) is 0 Å². The number of ketones is 1. The third-order valence-corrected chi connectivity index (χ3v) is 2.76. The first-order valence-electron chi connectivity index (χ1n) is 5.42. The lowest BCUT2D eigenvalue weighted by Crippen LogP contribution is -2.57. The molecule has 0 aromatic heterocycles. The summed E-state index contributed by atoms with van der Waals surface area (Å²) in [5.74, 6) is 0.350. The van der Waals surface area contributed by atoms with Gasteiger partial charge in [-0.2, -0.15) is 0 Å². The zero-order valence-electron chi connectivity index (χ0n) is 10.1. The Labute approximate surface area is 104 Å². The molecule has 1 heterocycles. The van der Waals surface area contributed by atoms with Crippen LogP contribution >= 0.6 is 0 Å². The Kier molecular flexibility index (Phi) is 2.96. The topological polar surface area (TPSA) is 90.7 Å². The normalized spacial score (nSPS) is 15.9. The van der Waals surface area contributed by atoms with Crippen molar-refractivity contribution in [2.75, 3.05) is 6.79 Å². The first-order chi connectivity index (χ1) is 8.43. The number of nitrogens with two attached hydrogens (primary N) is 1. The molecular formula is C12H14N2O4. The SMILES string of the molecule is CC(=O)NC(N)(C(C)=O)c1ccc2c(c1)OCO2. The molecule has 1 atom stereocenters. The number of rotatable bonds is 3. The average molecular weight is 250 g/mol. The Balaban J connectivity index is 2.43. The summed E-state index contributed by atoms with van der Waals surface area (Å²) in [4.78, 5) is 22.9. The smallest absolute Gasteiger partial charge is 0.231 e. The molecule has 0 aliphatic carbocycles. The van der Waals surface area contributed by atoms with E-state index in [0.29, 0.717) is 17.1 Å². The summed E-state index contributed by atoms with van der Waals surface area (Å²) in [6.07, 6.45) is 0. The van der Waals surface area contributed by atoms with E-state index < -0.39 is 5.66 Å².